The first-order valence-electron chi connectivity index (χ1n) is 10.00. The summed E-state index contributed by atoms with van der Waals surface area (Å²) in [4.78, 5) is 41.4. The molecule has 7 nitrogen and oxygen atoms in total. The second kappa shape index (κ2) is 9.13. The molecule has 0 spiro atoms. The lowest BCUT2D eigenvalue weighted by atomic mass is 10.0. The summed E-state index contributed by atoms with van der Waals surface area (Å²) in [7, 11) is 0. The van der Waals surface area contributed by atoms with Crippen molar-refractivity contribution in [1.29, 1.82) is 0 Å². The van der Waals surface area contributed by atoms with E-state index in [-0.39, 0.29) is 11.8 Å². The maximum Gasteiger partial charge on any atom is 0.263 e. The van der Waals surface area contributed by atoms with Crippen LogP contribution >= 0.6 is 11.3 Å². The Hall–Kier alpha value is -3.13. The number of aromatic nitrogens is 3. The van der Waals surface area contributed by atoms with Crippen LogP contribution in [0.25, 0.3) is 10.8 Å². The topological polar surface area (TPSA) is 88.1 Å². The summed E-state index contributed by atoms with van der Waals surface area (Å²) < 4.78 is 0. The van der Waals surface area contributed by atoms with Crippen molar-refractivity contribution in [2.45, 2.75) is 32.2 Å². The van der Waals surface area contributed by atoms with Crippen LogP contribution in [0.1, 0.15) is 33.8 Å². The highest BCUT2D eigenvalue weighted by atomic mass is 32.1. The van der Waals surface area contributed by atoms with Crippen molar-refractivity contribution in [1.82, 2.24) is 25.2 Å². The first kappa shape index (κ1) is 20.2. The summed E-state index contributed by atoms with van der Waals surface area (Å²) in [6, 6.07) is 10.9. The van der Waals surface area contributed by atoms with E-state index < -0.39 is 6.04 Å². The van der Waals surface area contributed by atoms with E-state index in [4.69, 9.17) is 0 Å². The molecule has 4 rings (SSSR count). The summed E-state index contributed by atoms with van der Waals surface area (Å²) in [5, 5.41) is 3.55. The summed E-state index contributed by atoms with van der Waals surface area (Å²) in [6.45, 7) is 3.27. The van der Waals surface area contributed by atoms with Gasteiger partial charge in [0, 0.05) is 31.9 Å². The van der Waals surface area contributed by atoms with Crippen LogP contribution in [0.3, 0.4) is 0 Å². The minimum atomic E-state index is -0.615. The first-order chi connectivity index (χ1) is 14.6. The van der Waals surface area contributed by atoms with Gasteiger partial charge in [-0.3, -0.25) is 9.59 Å². The Balaban J connectivity index is 1.55. The van der Waals surface area contributed by atoms with E-state index in [9.17, 15) is 9.59 Å². The predicted octanol–water partition coefficient (Wildman–Crippen LogP) is 2.87. The number of amides is 2. The van der Waals surface area contributed by atoms with Gasteiger partial charge in [-0.05, 0) is 31.4 Å². The maximum atomic E-state index is 13.1. The summed E-state index contributed by atoms with van der Waals surface area (Å²) in [5.74, 6) is 0.165. The third-order valence-electron chi connectivity index (χ3n) is 5.06. The number of hydrogen-bond donors (Lipinski definition) is 1. The van der Waals surface area contributed by atoms with Crippen LogP contribution in [0.15, 0.2) is 48.8 Å². The van der Waals surface area contributed by atoms with Crippen LogP contribution in [-0.4, -0.2) is 50.8 Å². The van der Waals surface area contributed by atoms with Gasteiger partial charge < -0.3 is 10.2 Å². The lowest BCUT2D eigenvalue weighted by molar-refractivity contribution is -0.132. The lowest BCUT2D eigenvalue weighted by Crippen LogP contribution is -2.49. The lowest BCUT2D eigenvalue weighted by Gasteiger charge is -2.24. The van der Waals surface area contributed by atoms with Crippen LogP contribution in [-0.2, 0) is 11.2 Å². The van der Waals surface area contributed by atoms with Crippen molar-refractivity contribution < 1.29 is 9.59 Å². The number of nitrogens with one attached hydrogen (secondary N) is 1. The van der Waals surface area contributed by atoms with Gasteiger partial charge >= 0.3 is 0 Å². The third kappa shape index (κ3) is 4.54. The highest BCUT2D eigenvalue weighted by Gasteiger charge is 2.29. The van der Waals surface area contributed by atoms with Crippen LogP contribution in [0.2, 0.25) is 0 Å². The number of likely N-dealkylation sites (tertiary alicyclic amines) is 1. The van der Waals surface area contributed by atoms with Gasteiger partial charge in [0.1, 0.15) is 10.9 Å². The molecule has 8 heteroatoms. The molecule has 0 radical (unpaired) electrons. The zero-order valence-electron chi connectivity index (χ0n) is 16.7. The molecule has 30 heavy (non-hydrogen) atoms. The number of carbonyl (C=O) groups is 2. The minimum absolute atomic E-state index is 0.0292. The number of rotatable bonds is 6. The van der Waals surface area contributed by atoms with Crippen molar-refractivity contribution in [3.8, 4) is 10.8 Å². The maximum absolute atomic E-state index is 13.1. The van der Waals surface area contributed by atoms with E-state index >= 15 is 0 Å². The average Bonchev–Trinajstić information content (AvgIpc) is 3.44. The highest BCUT2D eigenvalue weighted by Crippen LogP contribution is 2.25. The van der Waals surface area contributed by atoms with Crippen LogP contribution in [0.4, 0.5) is 0 Å². The summed E-state index contributed by atoms with van der Waals surface area (Å²) in [5.41, 5.74) is 1.61. The van der Waals surface area contributed by atoms with E-state index in [0.717, 1.165) is 31.5 Å². The zero-order chi connectivity index (χ0) is 20.9. The van der Waals surface area contributed by atoms with Crippen molar-refractivity contribution in [3.05, 3.63) is 64.9 Å². The molecular formula is C22H23N5O2S. The molecule has 1 atom stereocenters. The fourth-order valence-corrected chi connectivity index (χ4v) is 4.46. The predicted molar refractivity (Wildman–Crippen MR) is 115 cm³/mol. The Kier molecular flexibility index (Phi) is 6.13. The number of nitrogens with zero attached hydrogens (tertiary/aromatic N) is 4. The van der Waals surface area contributed by atoms with Crippen LogP contribution in [0, 0.1) is 6.92 Å². The van der Waals surface area contributed by atoms with Gasteiger partial charge in [-0.1, -0.05) is 30.3 Å². The van der Waals surface area contributed by atoms with Gasteiger partial charge in [-0.25, -0.2) is 15.0 Å². The largest absolute Gasteiger partial charge is 0.341 e. The monoisotopic (exact) mass is 421 g/mol. The van der Waals surface area contributed by atoms with Crippen LogP contribution < -0.4 is 5.32 Å². The third-order valence-corrected chi connectivity index (χ3v) is 6.22. The van der Waals surface area contributed by atoms with Crippen molar-refractivity contribution in [3.63, 3.8) is 0 Å². The number of benzene rings is 1. The smallest absolute Gasteiger partial charge is 0.263 e. The first-order valence-corrected chi connectivity index (χ1v) is 10.8. The van der Waals surface area contributed by atoms with E-state index in [2.05, 4.69) is 20.3 Å². The molecule has 1 saturated heterocycles. The standard InChI is InChI=1S/C22H23N5O2S/c1-15-18(30-21(25-15)19-23-10-7-11-24-19)20(28)26-17(14-16-8-3-2-4-9-16)22(29)27-12-5-6-13-27/h2-4,7-11,17H,5-6,12-14H2,1H3,(H,26,28). The van der Waals surface area contributed by atoms with E-state index in [1.54, 1.807) is 25.4 Å². The SMILES string of the molecule is Cc1nc(-c2ncccn2)sc1C(=O)NC(Cc1ccccc1)C(=O)N1CCCC1. The Morgan fingerprint density at radius 2 is 1.80 bits per heavy atom. The molecule has 2 aromatic heterocycles. The normalized spacial score (nSPS) is 14.5. The molecule has 1 N–H and O–H groups in total. The van der Waals surface area contributed by atoms with Gasteiger partial charge in [0.2, 0.25) is 5.91 Å². The number of hydrogen-bond acceptors (Lipinski definition) is 6. The fraction of sp³-hybridized carbons (Fsp3) is 0.318. The number of carbonyl (C=O) groups excluding carboxylic acids is 2. The summed E-state index contributed by atoms with van der Waals surface area (Å²) >= 11 is 1.24. The molecule has 0 aliphatic carbocycles. The van der Waals surface area contributed by atoms with Crippen molar-refractivity contribution in [2.75, 3.05) is 13.1 Å². The molecular weight excluding hydrogens is 398 g/mol. The Morgan fingerprint density at radius 3 is 2.50 bits per heavy atom. The second-order valence-electron chi connectivity index (χ2n) is 7.25. The second-order valence-corrected chi connectivity index (χ2v) is 8.25. The van der Waals surface area contributed by atoms with Gasteiger partial charge in [-0.2, -0.15) is 0 Å². The quantitative estimate of drug-likeness (QED) is 0.661. The Bertz CT molecular complexity index is 1020. The molecule has 3 heterocycles. The minimum Gasteiger partial charge on any atom is -0.341 e. The van der Waals surface area contributed by atoms with E-state index in [0.29, 0.717) is 27.8 Å². The zero-order valence-corrected chi connectivity index (χ0v) is 17.6. The fourth-order valence-electron chi connectivity index (χ4n) is 3.54. The van der Waals surface area contributed by atoms with Crippen molar-refractivity contribution in [2.24, 2.45) is 0 Å². The molecule has 0 saturated carbocycles. The number of thiazole rings is 1. The Morgan fingerprint density at radius 1 is 1.10 bits per heavy atom. The summed E-state index contributed by atoms with van der Waals surface area (Å²) in [6.07, 6.45) is 5.75. The molecule has 3 aromatic rings. The van der Waals surface area contributed by atoms with Gasteiger partial charge in [0.05, 0.1) is 5.69 Å². The molecule has 1 aliphatic rings. The molecule has 1 fully saturated rings. The average molecular weight is 422 g/mol. The van der Waals surface area contributed by atoms with Crippen molar-refractivity contribution >= 4 is 23.2 Å². The van der Waals surface area contributed by atoms with Gasteiger partial charge in [0.25, 0.3) is 5.91 Å². The molecule has 1 aliphatic heterocycles. The van der Waals surface area contributed by atoms with Gasteiger partial charge in [0.15, 0.2) is 10.8 Å². The molecule has 1 unspecified atom stereocenters. The molecule has 1 aromatic carbocycles. The molecule has 0 bridgehead atoms. The van der Waals surface area contributed by atoms with Crippen LogP contribution in [0.5, 0.6) is 0 Å². The number of aryl methyl sites for hydroxylation is 1. The Labute approximate surface area is 179 Å². The van der Waals surface area contributed by atoms with E-state index in [1.165, 1.54) is 11.3 Å². The van der Waals surface area contributed by atoms with Gasteiger partial charge in [-0.15, -0.1) is 11.3 Å². The van der Waals surface area contributed by atoms with E-state index in [1.807, 2.05) is 35.2 Å². The highest BCUT2D eigenvalue weighted by molar-refractivity contribution is 7.17. The molecule has 2 amide bonds. The molecule has 154 valence electrons.